The molecule has 0 unspecified atom stereocenters. The van der Waals surface area contributed by atoms with Crippen LogP contribution in [0, 0.1) is 0 Å². The van der Waals surface area contributed by atoms with E-state index in [0.29, 0.717) is 17.4 Å². The lowest BCUT2D eigenvalue weighted by Crippen LogP contribution is -2.50. The van der Waals surface area contributed by atoms with Crippen molar-refractivity contribution in [3.63, 3.8) is 0 Å². The second kappa shape index (κ2) is 5.48. The van der Waals surface area contributed by atoms with Crippen LogP contribution in [0.3, 0.4) is 0 Å². The maximum Gasteiger partial charge on any atom is 0.222 e. The van der Waals surface area contributed by atoms with Gasteiger partial charge in [-0.3, -0.25) is 4.90 Å². The molecule has 0 radical (unpaired) electrons. The second-order valence-electron chi connectivity index (χ2n) is 5.48. The molecule has 1 aromatic heterocycles. The van der Waals surface area contributed by atoms with E-state index in [1.807, 2.05) is 13.8 Å². The number of anilines is 2. The van der Waals surface area contributed by atoms with Gasteiger partial charge in [-0.1, -0.05) is 11.6 Å². The topological polar surface area (TPSA) is 78.5 Å². The van der Waals surface area contributed by atoms with Gasteiger partial charge in [-0.25, -0.2) is 4.98 Å². The van der Waals surface area contributed by atoms with Crippen molar-refractivity contribution in [2.45, 2.75) is 19.4 Å². The molecule has 19 heavy (non-hydrogen) atoms. The van der Waals surface area contributed by atoms with E-state index in [9.17, 15) is 5.11 Å². The van der Waals surface area contributed by atoms with Crippen molar-refractivity contribution in [1.29, 1.82) is 0 Å². The first-order valence-electron chi connectivity index (χ1n) is 6.33. The highest BCUT2D eigenvalue weighted by Gasteiger charge is 2.24. The molecule has 0 saturated carbocycles. The summed E-state index contributed by atoms with van der Waals surface area (Å²) in [6, 6.07) is 0. The highest BCUT2D eigenvalue weighted by atomic mass is 35.5. The van der Waals surface area contributed by atoms with Crippen LogP contribution in [0.5, 0.6) is 0 Å². The molecule has 0 spiro atoms. The van der Waals surface area contributed by atoms with Crippen LogP contribution < -0.4 is 10.6 Å². The normalized spacial score (nSPS) is 17.8. The van der Waals surface area contributed by atoms with Gasteiger partial charge in [-0.05, 0) is 13.8 Å². The molecular weight excluding hydrogens is 266 g/mol. The van der Waals surface area contributed by atoms with Gasteiger partial charge in [0.05, 0.1) is 11.8 Å². The first kappa shape index (κ1) is 14.3. The maximum atomic E-state index is 9.82. The Bertz CT molecular complexity index is 440. The van der Waals surface area contributed by atoms with Crippen molar-refractivity contribution >= 4 is 23.4 Å². The lowest BCUT2D eigenvalue weighted by molar-refractivity contribution is 0.0344. The van der Waals surface area contributed by atoms with Crippen LogP contribution in [0.2, 0.25) is 5.02 Å². The molecule has 6 nitrogen and oxygen atoms in total. The van der Waals surface area contributed by atoms with Crippen molar-refractivity contribution in [2.75, 3.05) is 43.4 Å². The molecule has 2 rings (SSSR count). The Labute approximate surface area is 118 Å². The molecular formula is C12H20ClN5O. The average molecular weight is 286 g/mol. The Hall–Kier alpha value is -1.11. The minimum absolute atomic E-state index is 0.235. The summed E-state index contributed by atoms with van der Waals surface area (Å²) >= 11 is 6.10. The molecule has 0 aromatic carbocycles. The monoisotopic (exact) mass is 285 g/mol. The van der Waals surface area contributed by atoms with E-state index < -0.39 is 5.60 Å². The fourth-order valence-corrected chi connectivity index (χ4v) is 2.47. The van der Waals surface area contributed by atoms with Gasteiger partial charge in [-0.15, -0.1) is 0 Å². The standard InChI is InChI=1S/C12H20ClN5O/c1-12(2,19)8-17-3-5-18(6-4-17)10-9(13)7-15-11(14)16-10/h7,19H,3-6,8H2,1-2H3,(H2,14,15,16). The van der Waals surface area contributed by atoms with Gasteiger partial charge in [0.25, 0.3) is 0 Å². The zero-order chi connectivity index (χ0) is 14.0. The molecule has 106 valence electrons. The number of nitrogens with two attached hydrogens (primary N) is 1. The van der Waals surface area contributed by atoms with Crippen molar-refractivity contribution in [3.8, 4) is 0 Å². The number of hydrogen-bond acceptors (Lipinski definition) is 6. The molecule has 0 bridgehead atoms. The third-order valence-corrected chi connectivity index (χ3v) is 3.29. The summed E-state index contributed by atoms with van der Waals surface area (Å²) in [5, 5.41) is 10.3. The van der Waals surface area contributed by atoms with Crippen LogP contribution in [0.25, 0.3) is 0 Å². The summed E-state index contributed by atoms with van der Waals surface area (Å²) in [7, 11) is 0. The van der Waals surface area contributed by atoms with Gasteiger partial charge in [0.15, 0.2) is 5.82 Å². The summed E-state index contributed by atoms with van der Waals surface area (Å²) in [6.45, 7) is 7.66. The zero-order valence-electron chi connectivity index (χ0n) is 11.3. The SMILES string of the molecule is CC(C)(O)CN1CCN(c2nc(N)ncc2Cl)CC1. The smallest absolute Gasteiger partial charge is 0.222 e. The average Bonchev–Trinajstić information content (AvgIpc) is 2.31. The largest absolute Gasteiger partial charge is 0.389 e. The lowest BCUT2D eigenvalue weighted by atomic mass is 10.1. The molecule has 3 N–H and O–H groups in total. The summed E-state index contributed by atoms with van der Waals surface area (Å²) in [4.78, 5) is 12.4. The van der Waals surface area contributed by atoms with Crippen molar-refractivity contribution in [2.24, 2.45) is 0 Å². The summed E-state index contributed by atoms with van der Waals surface area (Å²) in [5.41, 5.74) is 4.93. The van der Waals surface area contributed by atoms with E-state index in [-0.39, 0.29) is 5.95 Å². The number of nitrogen functional groups attached to an aromatic ring is 1. The van der Waals surface area contributed by atoms with Crippen LogP contribution in [-0.2, 0) is 0 Å². The number of β-amino-alcohol motifs (C(OH)–C–C–N with tert-alkyl or cyclic N) is 1. The molecule has 1 saturated heterocycles. The minimum Gasteiger partial charge on any atom is -0.389 e. The predicted octanol–water partition coefficient (Wildman–Crippen LogP) is 0.605. The molecule has 1 aliphatic rings. The minimum atomic E-state index is -0.667. The van der Waals surface area contributed by atoms with Crippen LogP contribution in [0.1, 0.15) is 13.8 Å². The molecule has 0 amide bonds. The number of rotatable bonds is 3. The molecule has 1 aromatic rings. The van der Waals surface area contributed by atoms with E-state index in [4.69, 9.17) is 17.3 Å². The van der Waals surface area contributed by atoms with Crippen LogP contribution in [0.15, 0.2) is 6.20 Å². The van der Waals surface area contributed by atoms with E-state index >= 15 is 0 Å². The molecule has 1 fully saturated rings. The molecule has 0 atom stereocenters. The van der Waals surface area contributed by atoms with E-state index in [0.717, 1.165) is 26.2 Å². The summed E-state index contributed by atoms with van der Waals surface area (Å²) < 4.78 is 0. The fourth-order valence-electron chi connectivity index (χ4n) is 2.26. The van der Waals surface area contributed by atoms with Gasteiger partial charge in [-0.2, -0.15) is 4.98 Å². The van der Waals surface area contributed by atoms with Crippen LogP contribution in [0.4, 0.5) is 11.8 Å². The number of aromatic nitrogens is 2. The Morgan fingerprint density at radius 1 is 1.37 bits per heavy atom. The third-order valence-electron chi connectivity index (χ3n) is 3.03. The first-order valence-corrected chi connectivity index (χ1v) is 6.71. The summed E-state index contributed by atoms with van der Waals surface area (Å²) in [5.74, 6) is 0.926. The van der Waals surface area contributed by atoms with Gasteiger partial charge in [0.1, 0.15) is 5.02 Å². The van der Waals surface area contributed by atoms with E-state index in [2.05, 4.69) is 19.8 Å². The Morgan fingerprint density at radius 3 is 2.58 bits per heavy atom. The Kier molecular flexibility index (Phi) is 4.13. The first-order chi connectivity index (χ1) is 8.85. The number of nitrogens with zero attached hydrogens (tertiary/aromatic N) is 4. The van der Waals surface area contributed by atoms with Crippen molar-refractivity contribution in [3.05, 3.63) is 11.2 Å². The second-order valence-corrected chi connectivity index (χ2v) is 5.88. The number of hydrogen-bond donors (Lipinski definition) is 2. The maximum absolute atomic E-state index is 9.82. The van der Waals surface area contributed by atoms with E-state index in [1.54, 1.807) is 0 Å². The highest BCUT2D eigenvalue weighted by molar-refractivity contribution is 6.32. The quantitative estimate of drug-likeness (QED) is 0.847. The molecule has 7 heteroatoms. The summed E-state index contributed by atoms with van der Waals surface area (Å²) in [6.07, 6.45) is 1.53. The molecule has 1 aliphatic heterocycles. The van der Waals surface area contributed by atoms with Gasteiger partial charge >= 0.3 is 0 Å². The van der Waals surface area contributed by atoms with Crippen molar-refractivity contribution < 1.29 is 5.11 Å². The predicted molar refractivity (Wildman–Crippen MR) is 76.4 cm³/mol. The zero-order valence-corrected chi connectivity index (χ0v) is 12.1. The lowest BCUT2D eigenvalue weighted by Gasteiger charge is -2.38. The number of halogens is 1. The molecule has 2 heterocycles. The molecule has 0 aliphatic carbocycles. The number of piperazine rings is 1. The van der Waals surface area contributed by atoms with Gasteiger partial charge < -0.3 is 15.7 Å². The van der Waals surface area contributed by atoms with Gasteiger partial charge in [0.2, 0.25) is 5.95 Å². The Morgan fingerprint density at radius 2 is 2.00 bits per heavy atom. The Balaban J connectivity index is 1.98. The number of aliphatic hydroxyl groups is 1. The van der Waals surface area contributed by atoms with Crippen molar-refractivity contribution in [1.82, 2.24) is 14.9 Å². The fraction of sp³-hybridized carbons (Fsp3) is 0.667. The highest BCUT2D eigenvalue weighted by Crippen LogP contribution is 2.24. The third kappa shape index (κ3) is 3.92. The van der Waals surface area contributed by atoms with Gasteiger partial charge in [0, 0.05) is 32.7 Å². The van der Waals surface area contributed by atoms with Crippen LogP contribution >= 0.6 is 11.6 Å². The van der Waals surface area contributed by atoms with E-state index in [1.165, 1.54) is 6.20 Å². The van der Waals surface area contributed by atoms with Crippen LogP contribution in [-0.4, -0.2) is 58.3 Å².